The van der Waals surface area contributed by atoms with Gasteiger partial charge in [-0.3, -0.25) is 0 Å². The Hall–Kier alpha value is 0.370. The van der Waals surface area contributed by atoms with Crippen LogP contribution in [0.25, 0.3) is 0 Å². The molecule has 1 aromatic rings. The first-order valence-electron chi connectivity index (χ1n) is 3.24. The Labute approximate surface area is 87.8 Å². The highest BCUT2D eigenvalue weighted by molar-refractivity contribution is 8.94. The van der Waals surface area contributed by atoms with Crippen LogP contribution in [0.3, 0.4) is 0 Å². The molecule has 1 nitrogen and oxygen atoms in total. The molecular formula is C7H9OPS3. The summed E-state index contributed by atoms with van der Waals surface area (Å²) in [5, 5.41) is 0.991. The summed E-state index contributed by atoms with van der Waals surface area (Å²) in [6, 6.07) is 7.53. The number of hydrogen-bond acceptors (Lipinski definition) is 2. The minimum atomic E-state index is -1.88. The van der Waals surface area contributed by atoms with Crippen LogP contribution in [0.4, 0.5) is 0 Å². The van der Waals surface area contributed by atoms with Crippen LogP contribution in [-0.2, 0) is 11.8 Å². The number of benzene rings is 1. The van der Waals surface area contributed by atoms with Gasteiger partial charge in [0.05, 0.1) is 11.6 Å². The lowest BCUT2D eigenvalue weighted by atomic mass is 10.3. The predicted molar refractivity (Wildman–Crippen MR) is 64.9 cm³/mol. The Bertz CT molecular complexity index is 303. The summed E-state index contributed by atoms with van der Waals surface area (Å²) in [5.74, 6) is 0.823. The van der Waals surface area contributed by atoms with Gasteiger partial charge >= 0.3 is 0 Å². The quantitative estimate of drug-likeness (QED) is 0.603. The van der Waals surface area contributed by atoms with Crippen LogP contribution >= 0.6 is 28.9 Å². The minimum Gasteiger partial charge on any atom is -0.497 e. The van der Waals surface area contributed by atoms with Crippen LogP contribution in [0, 0.1) is 0 Å². The van der Waals surface area contributed by atoms with Crippen molar-refractivity contribution in [2.24, 2.45) is 0 Å². The predicted octanol–water partition coefficient (Wildman–Crippen LogP) is 2.49. The molecule has 1 rings (SSSR count). The largest absolute Gasteiger partial charge is 0.497 e. The van der Waals surface area contributed by atoms with Crippen molar-refractivity contribution in [3.63, 3.8) is 0 Å². The van der Waals surface area contributed by atoms with Crippen molar-refractivity contribution in [1.29, 1.82) is 0 Å². The molecule has 0 radical (unpaired) electrons. The van der Waals surface area contributed by atoms with E-state index in [1.54, 1.807) is 7.11 Å². The number of rotatable bonds is 2. The SMILES string of the molecule is COc1ccc(P(=S)(S)S)cc1. The van der Waals surface area contributed by atoms with Crippen molar-refractivity contribution in [2.45, 2.75) is 0 Å². The van der Waals surface area contributed by atoms with Gasteiger partial charge in [-0.1, -0.05) is 11.8 Å². The molecular weight excluding hydrogens is 227 g/mol. The molecule has 0 saturated carbocycles. The Morgan fingerprint density at radius 2 is 1.75 bits per heavy atom. The van der Waals surface area contributed by atoms with Crippen molar-refractivity contribution in [1.82, 2.24) is 0 Å². The van der Waals surface area contributed by atoms with Crippen molar-refractivity contribution >= 4 is 46.1 Å². The van der Waals surface area contributed by atoms with Gasteiger partial charge in [0.2, 0.25) is 0 Å². The lowest BCUT2D eigenvalue weighted by molar-refractivity contribution is 0.415. The Balaban J connectivity index is 3.01. The lowest BCUT2D eigenvalue weighted by Gasteiger charge is -2.08. The van der Waals surface area contributed by atoms with Crippen LogP contribution < -0.4 is 10.0 Å². The average Bonchev–Trinajstić information content (AvgIpc) is 2.03. The molecule has 5 heteroatoms. The number of thiol groups is 2. The first-order valence-corrected chi connectivity index (χ1v) is 8.35. The van der Waals surface area contributed by atoms with Gasteiger partial charge in [0, 0.05) is 5.30 Å². The third-order valence-electron chi connectivity index (χ3n) is 1.41. The Morgan fingerprint density at radius 3 is 2.08 bits per heavy atom. The molecule has 0 aliphatic heterocycles. The first kappa shape index (κ1) is 10.5. The van der Waals surface area contributed by atoms with Gasteiger partial charge in [-0.15, -0.1) is 24.5 Å². The van der Waals surface area contributed by atoms with Crippen LogP contribution in [-0.4, -0.2) is 7.11 Å². The van der Waals surface area contributed by atoms with Crippen molar-refractivity contribution < 1.29 is 4.74 Å². The molecule has 0 amide bonds. The van der Waals surface area contributed by atoms with E-state index in [9.17, 15) is 0 Å². The highest BCUT2D eigenvalue weighted by Gasteiger charge is 2.07. The molecule has 12 heavy (non-hydrogen) atoms. The van der Waals surface area contributed by atoms with E-state index < -0.39 is 4.44 Å². The van der Waals surface area contributed by atoms with Gasteiger partial charge in [0.25, 0.3) is 0 Å². The van der Waals surface area contributed by atoms with Gasteiger partial charge in [-0.2, -0.15) is 0 Å². The summed E-state index contributed by atoms with van der Waals surface area (Å²) < 4.78 is 3.13. The van der Waals surface area contributed by atoms with E-state index >= 15 is 0 Å². The molecule has 0 bridgehead atoms. The van der Waals surface area contributed by atoms with Crippen LogP contribution in [0.15, 0.2) is 24.3 Å². The Morgan fingerprint density at radius 1 is 1.25 bits per heavy atom. The summed E-state index contributed by atoms with van der Waals surface area (Å²) in [5.41, 5.74) is 0. The fourth-order valence-electron chi connectivity index (χ4n) is 0.776. The maximum atomic E-state index is 5.13. The molecule has 0 aromatic heterocycles. The molecule has 66 valence electrons. The van der Waals surface area contributed by atoms with E-state index in [4.69, 9.17) is 16.5 Å². The molecule has 0 heterocycles. The lowest BCUT2D eigenvalue weighted by Crippen LogP contribution is -1.95. The number of ether oxygens (including phenoxy) is 1. The third kappa shape index (κ3) is 2.70. The topological polar surface area (TPSA) is 9.23 Å². The molecule has 0 spiro atoms. The van der Waals surface area contributed by atoms with Crippen LogP contribution in [0.2, 0.25) is 0 Å². The highest BCUT2D eigenvalue weighted by Crippen LogP contribution is 2.54. The highest BCUT2D eigenvalue weighted by atomic mass is 33.2. The van der Waals surface area contributed by atoms with Gasteiger partial charge in [-0.25, -0.2) is 0 Å². The monoisotopic (exact) mass is 236 g/mol. The van der Waals surface area contributed by atoms with Crippen LogP contribution in [0.5, 0.6) is 5.75 Å². The van der Waals surface area contributed by atoms with E-state index in [0.717, 1.165) is 11.1 Å². The summed E-state index contributed by atoms with van der Waals surface area (Å²) in [6.45, 7) is 0. The summed E-state index contributed by atoms with van der Waals surface area (Å²) in [4.78, 5) is 0. The van der Waals surface area contributed by atoms with Gasteiger partial charge in [-0.05, 0) is 24.3 Å². The zero-order valence-electron chi connectivity index (χ0n) is 6.47. The van der Waals surface area contributed by atoms with Gasteiger partial charge in [0.1, 0.15) is 5.75 Å². The van der Waals surface area contributed by atoms with E-state index in [1.165, 1.54) is 0 Å². The van der Waals surface area contributed by atoms with Crippen molar-refractivity contribution in [3.8, 4) is 5.75 Å². The van der Waals surface area contributed by atoms with E-state index in [0.29, 0.717) is 0 Å². The molecule has 0 aliphatic carbocycles. The molecule has 0 unspecified atom stereocenters. The zero-order chi connectivity index (χ0) is 9.19. The molecule has 0 fully saturated rings. The normalized spacial score (nSPS) is 11.2. The summed E-state index contributed by atoms with van der Waals surface area (Å²) in [7, 11) is 1.63. The van der Waals surface area contributed by atoms with Crippen molar-refractivity contribution in [3.05, 3.63) is 24.3 Å². The molecule has 0 aliphatic rings. The fourth-order valence-corrected chi connectivity index (χ4v) is 2.48. The molecule has 0 atom stereocenters. The minimum absolute atomic E-state index is 0.823. The third-order valence-corrected chi connectivity index (χ3v) is 4.40. The molecule has 0 saturated heterocycles. The molecule has 1 aromatic carbocycles. The maximum Gasteiger partial charge on any atom is 0.118 e. The van der Waals surface area contributed by atoms with Gasteiger partial charge in [0.15, 0.2) is 0 Å². The smallest absolute Gasteiger partial charge is 0.118 e. The summed E-state index contributed by atoms with van der Waals surface area (Å²) >= 11 is 13.6. The maximum absolute atomic E-state index is 5.13. The van der Waals surface area contributed by atoms with E-state index in [2.05, 4.69) is 24.5 Å². The average molecular weight is 236 g/mol. The number of hydrogen-bond donors (Lipinski definition) is 2. The Kier molecular flexibility index (Phi) is 3.53. The first-order chi connectivity index (χ1) is 5.54. The second kappa shape index (κ2) is 4.05. The van der Waals surface area contributed by atoms with E-state index in [-0.39, 0.29) is 0 Å². The summed E-state index contributed by atoms with van der Waals surface area (Å²) in [6.07, 6.45) is 0. The standard InChI is InChI=1S/C7H9OPS3/c1-8-6-2-4-7(5-3-6)9(10,11)12/h2-5H,1H3,(H2,10,11,12). The van der Waals surface area contributed by atoms with Crippen LogP contribution in [0.1, 0.15) is 0 Å². The van der Waals surface area contributed by atoms with Gasteiger partial charge < -0.3 is 4.74 Å². The zero-order valence-corrected chi connectivity index (χ0v) is 9.97. The fraction of sp³-hybridized carbons (Fsp3) is 0.143. The number of methoxy groups -OCH3 is 1. The van der Waals surface area contributed by atoms with Crippen molar-refractivity contribution in [2.75, 3.05) is 7.11 Å². The molecule has 0 N–H and O–H groups in total. The second-order valence-corrected chi connectivity index (χ2v) is 11.7. The van der Waals surface area contributed by atoms with E-state index in [1.807, 2.05) is 24.3 Å². The second-order valence-electron chi connectivity index (χ2n) is 2.24.